The molecule has 2 N–H and O–H groups in total. The van der Waals surface area contributed by atoms with Crippen LogP contribution in [0.2, 0.25) is 0 Å². The van der Waals surface area contributed by atoms with Crippen molar-refractivity contribution in [3.63, 3.8) is 0 Å². The third-order valence-electron chi connectivity index (χ3n) is 6.16. The van der Waals surface area contributed by atoms with E-state index in [1.54, 1.807) is 14.0 Å². The van der Waals surface area contributed by atoms with E-state index in [0.717, 1.165) is 22.2 Å². The van der Waals surface area contributed by atoms with E-state index >= 15 is 0 Å². The average Bonchev–Trinajstić information content (AvgIpc) is 3.19. The van der Waals surface area contributed by atoms with Gasteiger partial charge in [0.15, 0.2) is 0 Å². The predicted octanol–water partition coefficient (Wildman–Crippen LogP) is 2.32. The molecule has 2 heterocycles. The van der Waals surface area contributed by atoms with Crippen LogP contribution in [0.25, 0.3) is 10.9 Å². The van der Waals surface area contributed by atoms with Gasteiger partial charge < -0.3 is 24.8 Å². The second-order valence-corrected chi connectivity index (χ2v) is 8.35. The second kappa shape index (κ2) is 8.97. The Balaban J connectivity index is 1.38. The van der Waals surface area contributed by atoms with Gasteiger partial charge in [0, 0.05) is 24.5 Å². The molecule has 172 valence electrons. The Morgan fingerprint density at radius 3 is 2.55 bits per heavy atom. The first-order chi connectivity index (χ1) is 15.8. The van der Waals surface area contributed by atoms with E-state index in [4.69, 9.17) is 4.74 Å². The van der Waals surface area contributed by atoms with Gasteiger partial charge in [0.1, 0.15) is 17.0 Å². The van der Waals surface area contributed by atoms with E-state index in [1.807, 2.05) is 66.1 Å². The summed E-state index contributed by atoms with van der Waals surface area (Å²) in [7, 11) is 1.62. The molecule has 0 bridgehead atoms. The van der Waals surface area contributed by atoms with Crippen molar-refractivity contribution in [3.05, 3.63) is 65.9 Å². The number of benzene rings is 2. The van der Waals surface area contributed by atoms with Crippen molar-refractivity contribution < 1.29 is 19.1 Å². The number of amides is 3. The molecule has 1 aliphatic rings. The summed E-state index contributed by atoms with van der Waals surface area (Å²) in [6.07, 6.45) is 0. The zero-order valence-corrected chi connectivity index (χ0v) is 19.1. The second-order valence-electron chi connectivity index (χ2n) is 8.35. The molecular weight excluding hydrogens is 420 g/mol. The number of fused-ring (bicyclic) bond motifs is 3. The van der Waals surface area contributed by atoms with Gasteiger partial charge in [-0.3, -0.25) is 14.4 Å². The summed E-state index contributed by atoms with van der Waals surface area (Å²) in [6, 6.07) is 17.0. The van der Waals surface area contributed by atoms with Gasteiger partial charge in [-0.15, -0.1) is 0 Å². The van der Waals surface area contributed by atoms with Gasteiger partial charge in [0.05, 0.1) is 19.7 Å². The van der Waals surface area contributed by atoms with E-state index in [9.17, 15) is 14.4 Å². The van der Waals surface area contributed by atoms with Gasteiger partial charge in [0.2, 0.25) is 11.8 Å². The molecule has 1 aliphatic heterocycles. The molecular formula is C25H28N4O4. The number of carbonyl (C=O) groups excluding carboxylic acids is 3. The molecule has 33 heavy (non-hydrogen) atoms. The van der Waals surface area contributed by atoms with E-state index in [2.05, 4.69) is 10.6 Å². The summed E-state index contributed by atoms with van der Waals surface area (Å²) in [5, 5.41) is 6.45. The third kappa shape index (κ3) is 4.28. The SMILES string of the molecule is CCOc1ccc(CNC(=O)CNC(=O)[C@@]2(C)Cn3c(cc4ccccc43)C(=O)N2C)cc1. The lowest BCUT2D eigenvalue weighted by Crippen LogP contribution is -2.63. The predicted molar refractivity (Wildman–Crippen MR) is 125 cm³/mol. The molecule has 0 saturated heterocycles. The molecule has 3 aromatic rings. The lowest BCUT2D eigenvalue weighted by atomic mass is 9.95. The quantitative estimate of drug-likeness (QED) is 0.580. The standard InChI is InChI=1S/C25H28N4O4/c1-4-33-19-11-9-17(10-12-19)14-26-22(30)15-27-24(32)25(2)16-29-20-8-6-5-7-18(20)13-21(29)23(31)28(25)3/h5-13H,4,14-16H2,1-3H3,(H,26,30)(H,27,32)/t25-/m1/s1. The summed E-state index contributed by atoms with van der Waals surface area (Å²) < 4.78 is 7.29. The summed E-state index contributed by atoms with van der Waals surface area (Å²) >= 11 is 0. The third-order valence-corrected chi connectivity index (χ3v) is 6.16. The van der Waals surface area contributed by atoms with Gasteiger partial charge in [-0.1, -0.05) is 30.3 Å². The van der Waals surface area contributed by atoms with Gasteiger partial charge in [-0.25, -0.2) is 0 Å². The highest BCUT2D eigenvalue weighted by Gasteiger charge is 2.45. The lowest BCUT2D eigenvalue weighted by molar-refractivity contribution is -0.134. The van der Waals surface area contributed by atoms with Crippen LogP contribution in [-0.4, -0.2) is 52.9 Å². The van der Waals surface area contributed by atoms with Crippen LogP contribution >= 0.6 is 0 Å². The van der Waals surface area contributed by atoms with Crippen LogP contribution < -0.4 is 15.4 Å². The molecule has 0 aliphatic carbocycles. The molecule has 0 saturated carbocycles. The van der Waals surface area contributed by atoms with Crippen molar-refractivity contribution >= 4 is 28.6 Å². The Labute approximate surface area is 192 Å². The summed E-state index contributed by atoms with van der Waals surface area (Å²) in [5.41, 5.74) is 1.26. The first-order valence-electron chi connectivity index (χ1n) is 11.0. The zero-order chi connectivity index (χ0) is 23.6. The summed E-state index contributed by atoms with van der Waals surface area (Å²) in [6.45, 7) is 4.70. The molecule has 0 spiro atoms. The molecule has 1 atom stereocenters. The highest BCUT2D eigenvalue weighted by atomic mass is 16.5. The lowest BCUT2D eigenvalue weighted by Gasteiger charge is -2.41. The van der Waals surface area contributed by atoms with Crippen molar-refractivity contribution in [2.45, 2.75) is 32.5 Å². The van der Waals surface area contributed by atoms with Crippen molar-refractivity contribution in [2.75, 3.05) is 20.2 Å². The van der Waals surface area contributed by atoms with Gasteiger partial charge in [0.25, 0.3) is 5.91 Å². The highest BCUT2D eigenvalue weighted by molar-refractivity contribution is 6.03. The fourth-order valence-corrected chi connectivity index (χ4v) is 4.08. The molecule has 3 amide bonds. The van der Waals surface area contributed by atoms with Crippen molar-refractivity contribution in [3.8, 4) is 5.75 Å². The number of nitrogens with one attached hydrogen (secondary N) is 2. The molecule has 2 aromatic carbocycles. The molecule has 0 radical (unpaired) electrons. The van der Waals surface area contributed by atoms with E-state index in [0.29, 0.717) is 25.4 Å². The van der Waals surface area contributed by atoms with Crippen molar-refractivity contribution in [1.29, 1.82) is 0 Å². The van der Waals surface area contributed by atoms with Crippen LogP contribution in [0, 0.1) is 0 Å². The Bertz CT molecular complexity index is 1200. The fourth-order valence-electron chi connectivity index (χ4n) is 4.08. The summed E-state index contributed by atoms with van der Waals surface area (Å²) in [4.78, 5) is 39.9. The normalized spacial score (nSPS) is 17.5. The average molecular weight is 449 g/mol. The molecule has 1 aromatic heterocycles. The van der Waals surface area contributed by atoms with Gasteiger partial charge in [-0.05, 0) is 43.7 Å². The maximum absolute atomic E-state index is 13.1. The number of likely N-dealkylation sites (N-methyl/N-ethyl adjacent to an activating group) is 1. The molecule has 8 heteroatoms. The first-order valence-corrected chi connectivity index (χ1v) is 11.0. The van der Waals surface area contributed by atoms with Crippen LogP contribution in [0.3, 0.4) is 0 Å². The highest BCUT2D eigenvalue weighted by Crippen LogP contribution is 2.31. The van der Waals surface area contributed by atoms with E-state index in [-0.39, 0.29) is 24.3 Å². The maximum Gasteiger partial charge on any atom is 0.271 e. The number of rotatable bonds is 7. The minimum absolute atomic E-state index is 0.174. The number of nitrogens with zero attached hydrogens (tertiary/aromatic N) is 2. The van der Waals surface area contributed by atoms with Crippen LogP contribution in [-0.2, 0) is 22.7 Å². The van der Waals surface area contributed by atoms with Crippen molar-refractivity contribution in [1.82, 2.24) is 20.1 Å². The molecule has 8 nitrogen and oxygen atoms in total. The number of hydrogen-bond acceptors (Lipinski definition) is 4. The van der Waals surface area contributed by atoms with Crippen LogP contribution in [0.15, 0.2) is 54.6 Å². The smallest absolute Gasteiger partial charge is 0.271 e. The maximum atomic E-state index is 13.1. The largest absolute Gasteiger partial charge is 0.494 e. The number of hydrogen-bond donors (Lipinski definition) is 2. The van der Waals surface area contributed by atoms with Crippen LogP contribution in [0.5, 0.6) is 5.75 Å². The molecule has 0 unspecified atom stereocenters. The number of aromatic nitrogens is 1. The van der Waals surface area contributed by atoms with Crippen LogP contribution in [0.4, 0.5) is 0 Å². The Hall–Kier alpha value is -3.81. The van der Waals surface area contributed by atoms with Gasteiger partial charge >= 0.3 is 0 Å². The zero-order valence-electron chi connectivity index (χ0n) is 19.1. The monoisotopic (exact) mass is 448 g/mol. The van der Waals surface area contributed by atoms with E-state index < -0.39 is 5.54 Å². The topological polar surface area (TPSA) is 92.7 Å². The van der Waals surface area contributed by atoms with Crippen LogP contribution in [0.1, 0.15) is 29.9 Å². The minimum Gasteiger partial charge on any atom is -0.494 e. The first kappa shape index (κ1) is 22.4. The minimum atomic E-state index is -1.12. The fraction of sp³-hybridized carbons (Fsp3) is 0.320. The Morgan fingerprint density at radius 1 is 1.09 bits per heavy atom. The van der Waals surface area contributed by atoms with Crippen molar-refractivity contribution in [2.24, 2.45) is 0 Å². The Morgan fingerprint density at radius 2 is 1.82 bits per heavy atom. The van der Waals surface area contributed by atoms with Gasteiger partial charge in [-0.2, -0.15) is 0 Å². The van der Waals surface area contributed by atoms with E-state index in [1.165, 1.54) is 4.90 Å². The molecule has 0 fully saturated rings. The summed E-state index contributed by atoms with van der Waals surface area (Å²) in [5.74, 6) is -0.136. The molecule has 4 rings (SSSR count). The number of ether oxygens (including phenoxy) is 1. The Kier molecular flexibility index (Phi) is 6.09. The number of para-hydroxylation sites is 1. The number of carbonyl (C=O) groups is 3.